The number of rotatable bonds is 3. The van der Waals surface area contributed by atoms with Crippen LogP contribution in [0.5, 0.6) is 5.88 Å². The van der Waals surface area contributed by atoms with E-state index >= 15 is 0 Å². The summed E-state index contributed by atoms with van der Waals surface area (Å²) < 4.78 is 5.20. The van der Waals surface area contributed by atoms with Crippen molar-refractivity contribution in [1.82, 2.24) is 9.97 Å². The molecule has 0 aliphatic carbocycles. The lowest BCUT2D eigenvalue weighted by atomic mass is 10.0. The van der Waals surface area contributed by atoms with Gasteiger partial charge in [-0.15, -0.1) is 0 Å². The van der Waals surface area contributed by atoms with Crippen LogP contribution in [0.15, 0.2) is 18.5 Å². The predicted molar refractivity (Wildman–Crippen MR) is 67.7 cm³/mol. The first kappa shape index (κ1) is 11.6. The Morgan fingerprint density at radius 2 is 2.06 bits per heavy atom. The molecule has 90 valence electrons. The van der Waals surface area contributed by atoms with Gasteiger partial charge in [0.15, 0.2) is 0 Å². The van der Waals surface area contributed by atoms with Gasteiger partial charge < -0.3 is 16.2 Å². The zero-order valence-corrected chi connectivity index (χ0v) is 9.97. The molecule has 5 nitrogen and oxygen atoms in total. The Kier molecular flexibility index (Phi) is 3.10. The van der Waals surface area contributed by atoms with Crippen molar-refractivity contribution in [2.24, 2.45) is 5.73 Å². The molecule has 0 unspecified atom stereocenters. The van der Waals surface area contributed by atoms with Gasteiger partial charge in [-0.25, -0.2) is 9.97 Å². The summed E-state index contributed by atoms with van der Waals surface area (Å²) in [6.45, 7) is 2.03. The Balaban J connectivity index is 2.74. The summed E-state index contributed by atoms with van der Waals surface area (Å²) in [7, 11) is 1.58. The highest BCUT2D eigenvalue weighted by Gasteiger charge is 2.13. The second kappa shape index (κ2) is 4.55. The summed E-state index contributed by atoms with van der Waals surface area (Å²) in [6.07, 6.45) is 4.25. The second-order valence-corrected chi connectivity index (χ2v) is 3.89. The Bertz CT molecular complexity index is 541. The Labute approximate surface area is 99.8 Å². The van der Waals surface area contributed by atoms with Gasteiger partial charge in [0, 0.05) is 18.4 Å². The van der Waals surface area contributed by atoms with Crippen LogP contribution in [0, 0.1) is 0 Å². The minimum Gasteiger partial charge on any atom is -0.481 e. The molecule has 0 aliphatic rings. The monoisotopic (exact) mass is 232 g/mol. The third-order valence-corrected chi connectivity index (χ3v) is 2.82. The minimum atomic E-state index is -0.0577. The maximum absolute atomic E-state index is 6.06. The van der Waals surface area contributed by atoms with Crippen molar-refractivity contribution < 1.29 is 4.74 Å². The van der Waals surface area contributed by atoms with E-state index < -0.39 is 0 Å². The predicted octanol–water partition coefficient (Wildman–Crippen LogP) is 1.63. The maximum atomic E-state index is 6.06. The number of anilines is 1. The van der Waals surface area contributed by atoms with E-state index in [1.807, 2.05) is 13.0 Å². The Morgan fingerprint density at radius 1 is 1.29 bits per heavy atom. The second-order valence-electron chi connectivity index (χ2n) is 3.89. The van der Waals surface area contributed by atoms with Crippen LogP contribution in [0.3, 0.4) is 0 Å². The van der Waals surface area contributed by atoms with E-state index in [2.05, 4.69) is 9.97 Å². The lowest BCUT2D eigenvalue weighted by molar-refractivity contribution is 0.403. The van der Waals surface area contributed by atoms with E-state index in [9.17, 15) is 0 Å². The summed E-state index contributed by atoms with van der Waals surface area (Å²) in [5.41, 5.74) is 12.7. The van der Waals surface area contributed by atoms with Crippen LogP contribution >= 0.6 is 0 Å². The Morgan fingerprint density at radius 3 is 2.71 bits per heavy atom. The van der Waals surface area contributed by atoms with Gasteiger partial charge in [0.1, 0.15) is 5.82 Å². The molecule has 0 aromatic carbocycles. The van der Waals surface area contributed by atoms with E-state index in [-0.39, 0.29) is 6.04 Å². The fourth-order valence-electron chi connectivity index (χ4n) is 1.83. The number of fused-ring (bicyclic) bond motifs is 1. The lowest BCUT2D eigenvalue weighted by Crippen LogP contribution is -2.10. The molecule has 0 saturated carbocycles. The zero-order valence-electron chi connectivity index (χ0n) is 9.97. The first-order valence-electron chi connectivity index (χ1n) is 5.51. The topological polar surface area (TPSA) is 87.0 Å². The summed E-state index contributed by atoms with van der Waals surface area (Å²) >= 11 is 0. The number of nitrogens with two attached hydrogens (primary N) is 2. The van der Waals surface area contributed by atoms with Crippen molar-refractivity contribution in [3.63, 3.8) is 0 Å². The van der Waals surface area contributed by atoms with E-state index in [0.717, 1.165) is 22.8 Å². The third-order valence-electron chi connectivity index (χ3n) is 2.82. The number of nitrogens with zero attached hydrogens (tertiary/aromatic N) is 2. The molecular weight excluding hydrogens is 216 g/mol. The van der Waals surface area contributed by atoms with Gasteiger partial charge in [-0.3, -0.25) is 0 Å². The van der Waals surface area contributed by atoms with E-state index in [1.165, 1.54) is 0 Å². The first-order chi connectivity index (χ1) is 8.17. The van der Waals surface area contributed by atoms with Crippen molar-refractivity contribution in [2.75, 3.05) is 12.8 Å². The van der Waals surface area contributed by atoms with E-state index in [1.54, 1.807) is 19.5 Å². The van der Waals surface area contributed by atoms with Gasteiger partial charge in [-0.2, -0.15) is 0 Å². The summed E-state index contributed by atoms with van der Waals surface area (Å²) in [5.74, 6) is 1.01. The highest BCUT2D eigenvalue weighted by Crippen LogP contribution is 2.30. The fourth-order valence-corrected chi connectivity index (χ4v) is 1.83. The molecule has 17 heavy (non-hydrogen) atoms. The molecule has 0 bridgehead atoms. The summed E-state index contributed by atoms with van der Waals surface area (Å²) in [5, 5.41) is 1.79. The molecule has 2 aromatic rings. The van der Waals surface area contributed by atoms with Gasteiger partial charge in [-0.05, 0) is 23.4 Å². The number of methoxy groups -OCH3 is 1. The molecule has 0 spiro atoms. The molecule has 0 amide bonds. The average Bonchev–Trinajstić information content (AvgIpc) is 2.36. The highest BCUT2D eigenvalue weighted by atomic mass is 16.5. The largest absolute Gasteiger partial charge is 0.481 e. The SMILES string of the molecule is CC[C@H](N)c1cnc(OC)c2cnc(N)cc12. The van der Waals surface area contributed by atoms with Crippen molar-refractivity contribution in [1.29, 1.82) is 0 Å². The van der Waals surface area contributed by atoms with Crippen LogP contribution in [0.4, 0.5) is 5.82 Å². The highest BCUT2D eigenvalue weighted by molar-refractivity contribution is 5.90. The molecule has 0 saturated heterocycles. The summed E-state index contributed by atoms with van der Waals surface area (Å²) in [4.78, 5) is 8.30. The number of nitrogen functional groups attached to an aromatic ring is 1. The molecule has 2 aromatic heterocycles. The lowest BCUT2D eigenvalue weighted by Gasteiger charge is -2.14. The number of pyridine rings is 2. The first-order valence-corrected chi connectivity index (χ1v) is 5.51. The van der Waals surface area contributed by atoms with Gasteiger partial charge in [0.2, 0.25) is 5.88 Å². The smallest absolute Gasteiger partial charge is 0.222 e. The number of aromatic nitrogens is 2. The molecule has 1 atom stereocenters. The Hall–Kier alpha value is -1.88. The van der Waals surface area contributed by atoms with Crippen molar-refractivity contribution in [3.05, 3.63) is 24.0 Å². The van der Waals surface area contributed by atoms with Crippen LogP contribution < -0.4 is 16.2 Å². The van der Waals surface area contributed by atoms with Crippen LogP contribution in [0.25, 0.3) is 10.8 Å². The number of hydrogen-bond donors (Lipinski definition) is 2. The van der Waals surface area contributed by atoms with E-state index in [4.69, 9.17) is 16.2 Å². The van der Waals surface area contributed by atoms with Crippen molar-refractivity contribution in [2.45, 2.75) is 19.4 Å². The average molecular weight is 232 g/mol. The molecule has 2 rings (SSSR count). The van der Waals surface area contributed by atoms with Crippen molar-refractivity contribution >= 4 is 16.6 Å². The summed E-state index contributed by atoms with van der Waals surface area (Å²) in [6, 6.07) is 1.75. The van der Waals surface area contributed by atoms with Gasteiger partial charge >= 0.3 is 0 Å². The van der Waals surface area contributed by atoms with Crippen LogP contribution in [-0.4, -0.2) is 17.1 Å². The minimum absolute atomic E-state index is 0.0577. The normalized spacial score (nSPS) is 12.6. The van der Waals surface area contributed by atoms with Gasteiger partial charge in [-0.1, -0.05) is 6.92 Å². The third kappa shape index (κ3) is 2.01. The number of hydrogen-bond acceptors (Lipinski definition) is 5. The van der Waals surface area contributed by atoms with Crippen molar-refractivity contribution in [3.8, 4) is 5.88 Å². The molecular formula is C12H16N4O. The maximum Gasteiger partial charge on any atom is 0.222 e. The van der Waals surface area contributed by atoms with Crippen LogP contribution in [0.2, 0.25) is 0 Å². The fraction of sp³-hybridized carbons (Fsp3) is 0.333. The molecule has 2 heterocycles. The van der Waals surface area contributed by atoms with Gasteiger partial charge in [0.25, 0.3) is 0 Å². The molecule has 5 heteroatoms. The van der Waals surface area contributed by atoms with Crippen LogP contribution in [-0.2, 0) is 0 Å². The van der Waals surface area contributed by atoms with Crippen LogP contribution in [0.1, 0.15) is 24.9 Å². The molecule has 0 radical (unpaired) electrons. The molecule has 0 fully saturated rings. The quantitative estimate of drug-likeness (QED) is 0.839. The number of ether oxygens (including phenoxy) is 1. The molecule has 0 aliphatic heterocycles. The standard InChI is InChI=1S/C12H16N4O/c1-3-10(13)8-5-16-12(17-2)9-6-15-11(14)4-7(8)9/h4-6,10H,3,13H2,1-2H3,(H2,14,15)/t10-/m0/s1. The molecule has 4 N–H and O–H groups in total. The van der Waals surface area contributed by atoms with Gasteiger partial charge in [0.05, 0.1) is 12.5 Å². The zero-order chi connectivity index (χ0) is 12.4. The van der Waals surface area contributed by atoms with E-state index in [0.29, 0.717) is 11.7 Å².